The fourth-order valence-corrected chi connectivity index (χ4v) is 0.924. The summed E-state index contributed by atoms with van der Waals surface area (Å²) in [4.78, 5) is 30.6. The van der Waals surface area contributed by atoms with Gasteiger partial charge in [0, 0.05) is 11.3 Å². The molecule has 74 valence electrons. The van der Waals surface area contributed by atoms with Crippen LogP contribution in [0.1, 0.15) is 26.2 Å². The van der Waals surface area contributed by atoms with Gasteiger partial charge in [-0.3, -0.25) is 19.7 Å². The van der Waals surface area contributed by atoms with E-state index >= 15 is 0 Å². The molecule has 0 radical (unpaired) electrons. The number of carboxylic acid groups (broad SMARTS) is 1. The maximum absolute atomic E-state index is 11.0. The molecule has 0 rings (SSSR count). The highest BCUT2D eigenvalue weighted by atomic mass is 16.6. The summed E-state index contributed by atoms with van der Waals surface area (Å²) in [7, 11) is 0. The molecule has 6 heteroatoms. The molecular formula is C7H11NO5. The van der Waals surface area contributed by atoms with Gasteiger partial charge < -0.3 is 5.11 Å². The number of rotatable bonds is 6. The molecule has 1 unspecified atom stereocenters. The molecule has 0 bridgehead atoms. The Bertz CT molecular complexity index is 225. The summed E-state index contributed by atoms with van der Waals surface area (Å²) in [5.41, 5.74) is 0. The molecule has 0 fully saturated rings. The smallest absolute Gasteiger partial charge is 0.311 e. The van der Waals surface area contributed by atoms with E-state index in [0.29, 0.717) is 6.42 Å². The van der Waals surface area contributed by atoms with Crippen LogP contribution in [-0.2, 0) is 9.59 Å². The van der Waals surface area contributed by atoms with Gasteiger partial charge in [0.05, 0.1) is 0 Å². The standard InChI is InChI=1S/C7H11NO5/c1-2-3-5(8(12)13)6(9)4-7(10)11/h5H,2-4H2,1H3,(H,10,11). The lowest BCUT2D eigenvalue weighted by Gasteiger charge is -2.04. The Morgan fingerprint density at radius 2 is 2.08 bits per heavy atom. The van der Waals surface area contributed by atoms with Crippen molar-refractivity contribution >= 4 is 11.8 Å². The molecule has 0 aromatic carbocycles. The van der Waals surface area contributed by atoms with Gasteiger partial charge in [-0.05, 0) is 6.42 Å². The fourth-order valence-electron chi connectivity index (χ4n) is 0.924. The van der Waals surface area contributed by atoms with Gasteiger partial charge >= 0.3 is 5.97 Å². The van der Waals surface area contributed by atoms with Gasteiger partial charge in [0.2, 0.25) is 5.78 Å². The molecular weight excluding hydrogens is 178 g/mol. The van der Waals surface area contributed by atoms with E-state index in [1.54, 1.807) is 6.92 Å². The molecule has 0 aromatic heterocycles. The lowest BCUT2D eigenvalue weighted by atomic mass is 10.1. The zero-order valence-corrected chi connectivity index (χ0v) is 7.23. The second kappa shape index (κ2) is 5.23. The van der Waals surface area contributed by atoms with Crippen LogP contribution in [0.15, 0.2) is 0 Å². The number of carbonyl (C=O) groups excluding carboxylic acids is 1. The van der Waals surface area contributed by atoms with Gasteiger partial charge in [-0.25, -0.2) is 0 Å². The van der Waals surface area contributed by atoms with Crippen molar-refractivity contribution in [3.05, 3.63) is 10.1 Å². The first kappa shape index (κ1) is 11.5. The molecule has 1 atom stereocenters. The molecule has 0 heterocycles. The quantitative estimate of drug-likeness (QED) is 0.372. The van der Waals surface area contributed by atoms with Gasteiger partial charge in [0.15, 0.2) is 0 Å². The molecule has 0 saturated heterocycles. The van der Waals surface area contributed by atoms with E-state index in [0.717, 1.165) is 0 Å². The van der Waals surface area contributed by atoms with Crippen molar-refractivity contribution in [3.63, 3.8) is 0 Å². The first-order valence-electron chi connectivity index (χ1n) is 3.87. The predicted molar refractivity (Wildman–Crippen MR) is 43.0 cm³/mol. The van der Waals surface area contributed by atoms with Crippen LogP contribution in [-0.4, -0.2) is 27.8 Å². The topological polar surface area (TPSA) is 97.5 Å². The summed E-state index contributed by atoms with van der Waals surface area (Å²) in [5, 5.41) is 18.5. The summed E-state index contributed by atoms with van der Waals surface area (Å²) in [5.74, 6) is -2.16. The van der Waals surface area contributed by atoms with Crippen molar-refractivity contribution in [1.82, 2.24) is 0 Å². The zero-order chi connectivity index (χ0) is 10.4. The number of nitrogens with zero attached hydrogens (tertiary/aromatic N) is 1. The average Bonchev–Trinajstić information content (AvgIpc) is 1.97. The minimum absolute atomic E-state index is 0.0963. The Morgan fingerprint density at radius 1 is 1.54 bits per heavy atom. The Kier molecular flexibility index (Phi) is 4.64. The first-order chi connectivity index (χ1) is 5.99. The number of carbonyl (C=O) groups is 2. The second-order valence-electron chi connectivity index (χ2n) is 2.63. The lowest BCUT2D eigenvalue weighted by Crippen LogP contribution is -2.30. The van der Waals surface area contributed by atoms with Crippen molar-refractivity contribution in [2.24, 2.45) is 0 Å². The molecule has 1 N–H and O–H groups in total. The molecule has 0 aromatic rings. The third-order valence-corrected chi connectivity index (χ3v) is 1.51. The lowest BCUT2D eigenvalue weighted by molar-refractivity contribution is -0.508. The van der Waals surface area contributed by atoms with Crippen LogP contribution in [0.5, 0.6) is 0 Å². The van der Waals surface area contributed by atoms with Crippen LogP contribution in [0.25, 0.3) is 0 Å². The van der Waals surface area contributed by atoms with Crippen molar-refractivity contribution in [2.75, 3.05) is 0 Å². The minimum atomic E-state index is -1.36. The van der Waals surface area contributed by atoms with E-state index < -0.39 is 29.1 Å². The van der Waals surface area contributed by atoms with E-state index in [1.807, 2.05) is 0 Å². The van der Waals surface area contributed by atoms with Gasteiger partial charge in [-0.1, -0.05) is 6.92 Å². The molecule has 6 nitrogen and oxygen atoms in total. The SMILES string of the molecule is CCCC(C(=O)CC(=O)O)[N+](=O)[O-]. The van der Waals surface area contributed by atoms with Gasteiger partial charge in [-0.2, -0.15) is 0 Å². The molecule has 0 spiro atoms. The van der Waals surface area contributed by atoms with Gasteiger partial charge in [-0.15, -0.1) is 0 Å². The van der Waals surface area contributed by atoms with E-state index in [9.17, 15) is 19.7 Å². The number of hydrogen-bond acceptors (Lipinski definition) is 4. The van der Waals surface area contributed by atoms with Crippen LogP contribution in [0.2, 0.25) is 0 Å². The number of nitro groups is 1. The van der Waals surface area contributed by atoms with Crippen molar-refractivity contribution < 1.29 is 19.6 Å². The summed E-state index contributed by atoms with van der Waals surface area (Å²) in [6.45, 7) is 1.70. The maximum Gasteiger partial charge on any atom is 0.311 e. The van der Waals surface area contributed by atoms with Crippen LogP contribution in [0.4, 0.5) is 0 Å². The van der Waals surface area contributed by atoms with E-state index in [-0.39, 0.29) is 6.42 Å². The molecule has 0 amide bonds. The third kappa shape index (κ3) is 4.19. The molecule has 0 saturated carbocycles. The minimum Gasteiger partial charge on any atom is -0.481 e. The fraction of sp³-hybridized carbons (Fsp3) is 0.714. The number of carboxylic acids is 1. The second-order valence-corrected chi connectivity index (χ2v) is 2.63. The normalized spacial score (nSPS) is 12.1. The Morgan fingerprint density at radius 3 is 2.38 bits per heavy atom. The van der Waals surface area contributed by atoms with Crippen LogP contribution in [0, 0.1) is 10.1 Å². The van der Waals surface area contributed by atoms with E-state index in [1.165, 1.54) is 0 Å². The summed E-state index contributed by atoms with van der Waals surface area (Å²) in [6, 6.07) is -1.36. The Balaban J connectivity index is 4.28. The molecule has 0 aliphatic rings. The van der Waals surface area contributed by atoms with E-state index in [4.69, 9.17) is 5.11 Å². The number of hydrogen-bond donors (Lipinski definition) is 1. The van der Waals surface area contributed by atoms with E-state index in [2.05, 4.69) is 0 Å². The van der Waals surface area contributed by atoms with Gasteiger partial charge in [0.1, 0.15) is 6.42 Å². The Labute approximate surface area is 74.7 Å². The third-order valence-electron chi connectivity index (χ3n) is 1.51. The summed E-state index contributed by atoms with van der Waals surface area (Å²) < 4.78 is 0. The number of ketones is 1. The Hall–Kier alpha value is -1.46. The van der Waals surface area contributed by atoms with Crippen LogP contribution in [0.3, 0.4) is 0 Å². The average molecular weight is 189 g/mol. The summed E-state index contributed by atoms with van der Waals surface area (Å²) in [6.07, 6.45) is -0.193. The number of aliphatic carboxylic acids is 1. The zero-order valence-electron chi connectivity index (χ0n) is 7.23. The molecule has 0 aliphatic heterocycles. The highest BCUT2D eigenvalue weighted by molar-refractivity contribution is 5.97. The maximum atomic E-state index is 11.0. The van der Waals surface area contributed by atoms with Gasteiger partial charge in [0.25, 0.3) is 6.04 Å². The molecule has 0 aliphatic carbocycles. The monoisotopic (exact) mass is 189 g/mol. The summed E-state index contributed by atoms with van der Waals surface area (Å²) >= 11 is 0. The van der Waals surface area contributed by atoms with Crippen molar-refractivity contribution in [3.8, 4) is 0 Å². The first-order valence-corrected chi connectivity index (χ1v) is 3.87. The number of Topliss-reactive ketones (excluding diaryl/α,β-unsaturated/α-hetero) is 1. The van der Waals surface area contributed by atoms with Crippen LogP contribution < -0.4 is 0 Å². The highest BCUT2D eigenvalue weighted by Gasteiger charge is 2.29. The predicted octanol–water partition coefficient (Wildman–Crippen LogP) is 0.476. The highest BCUT2D eigenvalue weighted by Crippen LogP contribution is 2.04. The largest absolute Gasteiger partial charge is 0.481 e. The molecule has 13 heavy (non-hydrogen) atoms. The van der Waals surface area contributed by atoms with Crippen molar-refractivity contribution in [1.29, 1.82) is 0 Å². The van der Waals surface area contributed by atoms with Crippen molar-refractivity contribution in [2.45, 2.75) is 32.2 Å². The van der Waals surface area contributed by atoms with Crippen LogP contribution >= 0.6 is 0 Å².